The van der Waals surface area contributed by atoms with E-state index in [1.807, 2.05) is 0 Å². The Kier molecular flexibility index (Phi) is 4.19. The van der Waals surface area contributed by atoms with E-state index in [2.05, 4.69) is 42.3 Å². The second-order valence-electron chi connectivity index (χ2n) is 5.58. The van der Waals surface area contributed by atoms with E-state index in [1.54, 1.807) is 0 Å². The van der Waals surface area contributed by atoms with Gasteiger partial charge in [-0.1, -0.05) is 49.6 Å². The molecule has 17 heavy (non-hydrogen) atoms. The van der Waals surface area contributed by atoms with Crippen molar-refractivity contribution in [3.63, 3.8) is 0 Å². The highest BCUT2D eigenvalue weighted by Gasteiger charge is 2.28. The summed E-state index contributed by atoms with van der Waals surface area (Å²) in [7, 11) is 2.18. The van der Waals surface area contributed by atoms with Crippen molar-refractivity contribution in [3.05, 3.63) is 35.9 Å². The number of rotatable bonds is 4. The SMILES string of the molecule is CN(Cc1ccccc1)CC1(N)CCCCC1. The highest BCUT2D eigenvalue weighted by Crippen LogP contribution is 2.26. The molecule has 1 aliphatic carbocycles. The predicted octanol–water partition coefficient (Wildman–Crippen LogP) is 2.78. The van der Waals surface area contributed by atoms with E-state index in [1.165, 1.54) is 37.7 Å². The molecule has 1 saturated carbocycles. The van der Waals surface area contributed by atoms with Crippen LogP contribution in [0.1, 0.15) is 37.7 Å². The van der Waals surface area contributed by atoms with Gasteiger partial charge in [-0.3, -0.25) is 0 Å². The van der Waals surface area contributed by atoms with Gasteiger partial charge in [0.25, 0.3) is 0 Å². The van der Waals surface area contributed by atoms with E-state index < -0.39 is 0 Å². The lowest BCUT2D eigenvalue weighted by Crippen LogP contribution is -2.50. The number of hydrogen-bond donors (Lipinski definition) is 1. The third kappa shape index (κ3) is 3.83. The van der Waals surface area contributed by atoms with Crippen LogP contribution >= 0.6 is 0 Å². The Morgan fingerprint density at radius 2 is 1.76 bits per heavy atom. The zero-order valence-electron chi connectivity index (χ0n) is 10.9. The molecule has 2 heteroatoms. The van der Waals surface area contributed by atoms with Gasteiger partial charge in [0, 0.05) is 18.6 Å². The van der Waals surface area contributed by atoms with Crippen molar-refractivity contribution in [2.45, 2.75) is 44.2 Å². The van der Waals surface area contributed by atoms with Gasteiger partial charge in [-0.15, -0.1) is 0 Å². The molecule has 0 amide bonds. The van der Waals surface area contributed by atoms with Gasteiger partial charge in [-0.2, -0.15) is 0 Å². The second-order valence-corrected chi connectivity index (χ2v) is 5.58. The molecule has 1 aliphatic rings. The van der Waals surface area contributed by atoms with Crippen LogP contribution < -0.4 is 5.73 Å². The van der Waals surface area contributed by atoms with Crippen molar-refractivity contribution in [2.75, 3.05) is 13.6 Å². The Morgan fingerprint density at radius 3 is 2.41 bits per heavy atom. The van der Waals surface area contributed by atoms with Crippen LogP contribution in [0.4, 0.5) is 0 Å². The number of benzene rings is 1. The van der Waals surface area contributed by atoms with Crippen molar-refractivity contribution in [2.24, 2.45) is 5.73 Å². The van der Waals surface area contributed by atoms with E-state index >= 15 is 0 Å². The zero-order chi connectivity index (χ0) is 12.1. The summed E-state index contributed by atoms with van der Waals surface area (Å²) < 4.78 is 0. The number of nitrogens with two attached hydrogens (primary N) is 1. The van der Waals surface area contributed by atoms with E-state index in [9.17, 15) is 0 Å². The first-order valence-corrected chi connectivity index (χ1v) is 6.69. The Labute approximate surface area is 105 Å². The molecular weight excluding hydrogens is 208 g/mol. The van der Waals surface area contributed by atoms with Crippen LogP contribution in [-0.2, 0) is 6.54 Å². The quantitative estimate of drug-likeness (QED) is 0.865. The standard InChI is InChI=1S/C15H24N2/c1-17(12-14-8-4-2-5-9-14)13-15(16)10-6-3-7-11-15/h2,4-5,8-9H,3,6-7,10-13,16H2,1H3. The lowest BCUT2D eigenvalue weighted by atomic mass is 9.82. The Hall–Kier alpha value is -0.860. The molecule has 0 bridgehead atoms. The summed E-state index contributed by atoms with van der Waals surface area (Å²) in [6.07, 6.45) is 6.34. The molecule has 0 heterocycles. The molecule has 0 saturated heterocycles. The first kappa shape index (κ1) is 12.6. The third-order valence-electron chi connectivity index (χ3n) is 3.73. The fourth-order valence-corrected chi connectivity index (χ4v) is 2.90. The van der Waals surface area contributed by atoms with E-state index in [0.717, 1.165) is 13.1 Å². The summed E-state index contributed by atoms with van der Waals surface area (Å²) >= 11 is 0. The minimum atomic E-state index is 0.0573. The molecule has 2 nitrogen and oxygen atoms in total. The van der Waals surface area contributed by atoms with Gasteiger partial charge in [-0.05, 0) is 25.5 Å². The van der Waals surface area contributed by atoms with Gasteiger partial charge in [0.1, 0.15) is 0 Å². The molecule has 0 radical (unpaired) electrons. The predicted molar refractivity (Wildman–Crippen MR) is 72.8 cm³/mol. The van der Waals surface area contributed by atoms with Crippen LogP contribution in [0.25, 0.3) is 0 Å². The van der Waals surface area contributed by atoms with Crippen LogP contribution in [0.5, 0.6) is 0 Å². The molecule has 2 N–H and O–H groups in total. The maximum absolute atomic E-state index is 6.47. The first-order valence-electron chi connectivity index (χ1n) is 6.69. The maximum Gasteiger partial charge on any atom is 0.0283 e. The number of hydrogen-bond acceptors (Lipinski definition) is 2. The Morgan fingerprint density at radius 1 is 1.12 bits per heavy atom. The van der Waals surface area contributed by atoms with Crippen LogP contribution in [0, 0.1) is 0 Å². The van der Waals surface area contributed by atoms with E-state index in [4.69, 9.17) is 5.73 Å². The van der Waals surface area contributed by atoms with E-state index in [0.29, 0.717) is 0 Å². The van der Waals surface area contributed by atoms with Crippen LogP contribution in [0.2, 0.25) is 0 Å². The average molecular weight is 232 g/mol. The summed E-state index contributed by atoms with van der Waals surface area (Å²) in [4.78, 5) is 2.36. The first-order chi connectivity index (χ1) is 8.18. The molecule has 1 aromatic rings. The summed E-state index contributed by atoms with van der Waals surface area (Å²) in [5, 5.41) is 0. The summed E-state index contributed by atoms with van der Waals surface area (Å²) in [6, 6.07) is 10.6. The van der Waals surface area contributed by atoms with Gasteiger partial charge in [0.2, 0.25) is 0 Å². The number of nitrogens with zero attached hydrogens (tertiary/aromatic N) is 1. The summed E-state index contributed by atoms with van der Waals surface area (Å²) in [5.41, 5.74) is 7.90. The topological polar surface area (TPSA) is 29.3 Å². The largest absolute Gasteiger partial charge is 0.324 e. The van der Waals surface area contributed by atoms with Crippen LogP contribution in [-0.4, -0.2) is 24.0 Å². The molecule has 2 rings (SSSR count). The van der Waals surface area contributed by atoms with Gasteiger partial charge in [0.15, 0.2) is 0 Å². The van der Waals surface area contributed by atoms with Gasteiger partial charge >= 0.3 is 0 Å². The van der Waals surface area contributed by atoms with Crippen LogP contribution in [0.3, 0.4) is 0 Å². The highest BCUT2D eigenvalue weighted by atomic mass is 15.1. The highest BCUT2D eigenvalue weighted by molar-refractivity contribution is 5.14. The fourth-order valence-electron chi connectivity index (χ4n) is 2.90. The molecule has 1 aromatic carbocycles. The molecule has 0 spiro atoms. The molecular formula is C15H24N2. The minimum absolute atomic E-state index is 0.0573. The Bertz CT molecular complexity index is 328. The fraction of sp³-hybridized carbons (Fsp3) is 0.600. The van der Waals surface area contributed by atoms with Gasteiger partial charge < -0.3 is 10.6 Å². The summed E-state index contributed by atoms with van der Waals surface area (Å²) in [5.74, 6) is 0. The van der Waals surface area contributed by atoms with Crippen molar-refractivity contribution < 1.29 is 0 Å². The lowest BCUT2D eigenvalue weighted by Gasteiger charge is -2.36. The van der Waals surface area contributed by atoms with Crippen molar-refractivity contribution in [1.82, 2.24) is 4.90 Å². The Balaban J connectivity index is 1.86. The molecule has 1 fully saturated rings. The van der Waals surface area contributed by atoms with Gasteiger partial charge in [0.05, 0.1) is 0 Å². The lowest BCUT2D eigenvalue weighted by molar-refractivity contribution is 0.193. The van der Waals surface area contributed by atoms with Gasteiger partial charge in [-0.25, -0.2) is 0 Å². The number of likely N-dealkylation sites (N-methyl/N-ethyl adjacent to an activating group) is 1. The molecule has 94 valence electrons. The molecule has 0 aliphatic heterocycles. The zero-order valence-corrected chi connectivity index (χ0v) is 10.9. The summed E-state index contributed by atoms with van der Waals surface area (Å²) in [6.45, 7) is 2.02. The van der Waals surface area contributed by atoms with Crippen molar-refractivity contribution >= 4 is 0 Å². The molecule has 0 aromatic heterocycles. The van der Waals surface area contributed by atoms with Crippen molar-refractivity contribution in [1.29, 1.82) is 0 Å². The maximum atomic E-state index is 6.47. The minimum Gasteiger partial charge on any atom is -0.324 e. The second kappa shape index (κ2) is 5.65. The van der Waals surface area contributed by atoms with E-state index in [-0.39, 0.29) is 5.54 Å². The monoisotopic (exact) mass is 232 g/mol. The van der Waals surface area contributed by atoms with Crippen LogP contribution in [0.15, 0.2) is 30.3 Å². The normalized spacial score (nSPS) is 19.5. The third-order valence-corrected chi connectivity index (χ3v) is 3.73. The molecule has 0 atom stereocenters. The van der Waals surface area contributed by atoms with Crippen molar-refractivity contribution in [3.8, 4) is 0 Å². The average Bonchev–Trinajstić information content (AvgIpc) is 2.30. The molecule has 0 unspecified atom stereocenters. The smallest absolute Gasteiger partial charge is 0.0283 e.